The molecule has 0 aliphatic carbocycles. The molecule has 0 spiro atoms. The first-order chi connectivity index (χ1) is 11.9. The van der Waals surface area contributed by atoms with Crippen molar-refractivity contribution >= 4 is 11.8 Å². The van der Waals surface area contributed by atoms with E-state index in [9.17, 15) is 18.4 Å². The minimum absolute atomic E-state index is 0.00390. The summed E-state index contributed by atoms with van der Waals surface area (Å²) >= 11 is 0. The predicted molar refractivity (Wildman–Crippen MR) is 90.6 cm³/mol. The van der Waals surface area contributed by atoms with Crippen molar-refractivity contribution in [1.29, 1.82) is 0 Å². The molecular formula is C19H20F2N2O2. The van der Waals surface area contributed by atoms with E-state index in [4.69, 9.17) is 0 Å². The first kappa shape index (κ1) is 18.6. The molecule has 0 heterocycles. The second kappa shape index (κ2) is 8.37. The Morgan fingerprint density at radius 1 is 1.08 bits per heavy atom. The topological polar surface area (TPSA) is 49.4 Å². The van der Waals surface area contributed by atoms with Crippen LogP contribution >= 0.6 is 0 Å². The summed E-state index contributed by atoms with van der Waals surface area (Å²) in [5.74, 6) is -1.51. The average molecular weight is 346 g/mol. The van der Waals surface area contributed by atoms with Gasteiger partial charge in [-0.2, -0.15) is 0 Å². The molecule has 0 saturated carbocycles. The van der Waals surface area contributed by atoms with Gasteiger partial charge in [0.2, 0.25) is 11.8 Å². The van der Waals surface area contributed by atoms with Crippen molar-refractivity contribution < 1.29 is 18.4 Å². The third-order valence-corrected chi connectivity index (χ3v) is 3.98. The van der Waals surface area contributed by atoms with Crippen molar-refractivity contribution in [1.82, 2.24) is 10.2 Å². The quantitative estimate of drug-likeness (QED) is 0.874. The van der Waals surface area contributed by atoms with E-state index < -0.39 is 17.7 Å². The van der Waals surface area contributed by atoms with Gasteiger partial charge in [-0.05, 0) is 30.7 Å². The number of amides is 2. The molecule has 1 N–H and O–H groups in total. The van der Waals surface area contributed by atoms with Gasteiger partial charge in [-0.1, -0.05) is 30.3 Å². The van der Waals surface area contributed by atoms with Crippen LogP contribution < -0.4 is 5.32 Å². The average Bonchev–Trinajstić information content (AvgIpc) is 2.61. The fourth-order valence-corrected chi connectivity index (χ4v) is 2.48. The Morgan fingerprint density at radius 2 is 1.72 bits per heavy atom. The first-order valence-corrected chi connectivity index (χ1v) is 7.91. The van der Waals surface area contributed by atoms with Crippen LogP contribution in [0.4, 0.5) is 8.78 Å². The van der Waals surface area contributed by atoms with E-state index in [0.29, 0.717) is 11.1 Å². The first-order valence-electron chi connectivity index (χ1n) is 7.91. The van der Waals surface area contributed by atoms with Gasteiger partial charge in [0.15, 0.2) is 0 Å². The molecule has 2 amide bonds. The third kappa shape index (κ3) is 4.86. The zero-order valence-corrected chi connectivity index (χ0v) is 14.1. The number of rotatable bonds is 6. The number of hydrogen-bond acceptors (Lipinski definition) is 2. The van der Waals surface area contributed by atoms with Crippen LogP contribution in [0, 0.1) is 11.6 Å². The van der Waals surface area contributed by atoms with Gasteiger partial charge in [-0.3, -0.25) is 9.59 Å². The summed E-state index contributed by atoms with van der Waals surface area (Å²) in [6.45, 7) is 1.56. The number of carbonyl (C=O) groups excluding carboxylic acids is 2. The van der Waals surface area contributed by atoms with Gasteiger partial charge in [0, 0.05) is 19.2 Å². The molecule has 0 radical (unpaired) electrons. The molecule has 0 bridgehead atoms. The summed E-state index contributed by atoms with van der Waals surface area (Å²) in [5, 5.41) is 2.50. The van der Waals surface area contributed by atoms with Gasteiger partial charge >= 0.3 is 0 Å². The molecule has 0 aliphatic heterocycles. The zero-order valence-electron chi connectivity index (χ0n) is 14.1. The smallest absolute Gasteiger partial charge is 0.242 e. The number of nitrogens with one attached hydrogen (secondary N) is 1. The molecule has 0 unspecified atom stereocenters. The fourth-order valence-electron chi connectivity index (χ4n) is 2.48. The van der Waals surface area contributed by atoms with Crippen LogP contribution in [0.15, 0.2) is 48.5 Å². The second-order valence-electron chi connectivity index (χ2n) is 5.71. The summed E-state index contributed by atoms with van der Waals surface area (Å²) < 4.78 is 27.0. The van der Waals surface area contributed by atoms with E-state index in [1.807, 2.05) is 0 Å². The van der Waals surface area contributed by atoms with Crippen LogP contribution in [-0.4, -0.2) is 29.8 Å². The molecule has 2 rings (SSSR count). The molecule has 0 aromatic heterocycles. The lowest BCUT2D eigenvalue weighted by Gasteiger charge is -2.28. The van der Waals surface area contributed by atoms with Crippen LogP contribution in [0.2, 0.25) is 0 Å². The molecule has 6 heteroatoms. The Hall–Kier alpha value is -2.76. The molecule has 25 heavy (non-hydrogen) atoms. The maximum Gasteiger partial charge on any atom is 0.242 e. The SMILES string of the molecule is CNC(=O)[C@H](C)N(Cc1ccccc1F)C(=O)Cc1ccc(F)cc1. The van der Waals surface area contributed by atoms with Crippen LogP contribution in [0.25, 0.3) is 0 Å². The van der Waals surface area contributed by atoms with Crippen LogP contribution in [0.3, 0.4) is 0 Å². The van der Waals surface area contributed by atoms with Crippen molar-refractivity contribution in [3.05, 3.63) is 71.3 Å². The highest BCUT2D eigenvalue weighted by molar-refractivity contribution is 5.88. The van der Waals surface area contributed by atoms with Gasteiger partial charge in [-0.25, -0.2) is 8.78 Å². The molecule has 0 saturated heterocycles. The second-order valence-corrected chi connectivity index (χ2v) is 5.71. The molecule has 0 aliphatic rings. The lowest BCUT2D eigenvalue weighted by atomic mass is 10.1. The normalized spacial score (nSPS) is 11.7. The van der Waals surface area contributed by atoms with Gasteiger partial charge in [0.25, 0.3) is 0 Å². The summed E-state index contributed by atoms with van der Waals surface area (Å²) in [7, 11) is 1.48. The molecule has 0 fully saturated rings. The Labute approximate surface area is 145 Å². The van der Waals surface area contributed by atoms with E-state index in [1.165, 1.54) is 42.3 Å². The van der Waals surface area contributed by atoms with Gasteiger partial charge < -0.3 is 10.2 Å². The molecule has 132 valence electrons. The highest BCUT2D eigenvalue weighted by atomic mass is 19.1. The Bertz CT molecular complexity index is 747. The molecule has 4 nitrogen and oxygen atoms in total. The van der Waals surface area contributed by atoms with E-state index in [1.54, 1.807) is 25.1 Å². The largest absolute Gasteiger partial charge is 0.357 e. The van der Waals surface area contributed by atoms with E-state index in [2.05, 4.69) is 5.32 Å². The van der Waals surface area contributed by atoms with Crippen LogP contribution in [0.1, 0.15) is 18.1 Å². The zero-order chi connectivity index (χ0) is 18.4. The van der Waals surface area contributed by atoms with Crippen molar-refractivity contribution in [3.63, 3.8) is 0 Å². The van der Waals surface area contributed by atoms with Crippen LogP contribution in [-0.2, 0) is 22.6 Å². The maximum atomic E-state index is 14.0. The van der Waals surface area contributed by atoms with Gasteiger partial charge in [0.1, 0.15) is 17.7 Å². The van der Waals surface area contributed by atoms with E-state index >= 15 is 0 Å². The lowest BCUT2D eigenvalue weighted by molar-refractivity contribution is -0.139. The van der Waals surface area contributed by atoms with Crippen molar-refractivity contribution in [2.24, 2.45) is 0 Å². The number of carbonyl (C=O) groups is 2. The summed E-state index contributed by atoms with van der Waals surface area (Å²) in [6.07, 6.45) is -0.00390. The minimum atomic E-state index is -0.766. The molecule has 2 aromatic rings. The van der Waals surface area contributed by atoms with Crippen LogP contribution in [0.5, 0.6) is 0 Å². The summed E-state index contributed by atoms with van der Waals surface area (Å²) in [4.78, 5) is 26.0. The van der Waals surface area contributed by atoms with E-state index in [-0.39, 0.29) is 24.8 Å². The number of hydrogen-bond donors (Lipinski definition) is 1. The number of nitrogens with zero attached hydrogens (tertiary/aromatic N) is 1. The molecular weight excluding hydrogens is 326 g/mol. The van der Waals surface area contributed by atoms with Crippen molar-refractivity contribution in [2.45, 2.75) is 25.9 Å². The fraction of sp³-hybridized carbons (Fsp3) is 0.263. The standard InChI is InChI=1S/C19H20F2N2O2/c1-13(19(25)22-2)23(12-15-5-3-4-6-17(15)21)18(24)11-14-7-9-16(20)10-8-14/h3-10,13H,11-12H2,1-2H3,(H,22,25)/t13-/m0/s1. The summed E-state index contributed by atoms with van der Waals surface area (Å²) in [6, 6.07) is 10.9. The number of likely N-dealkylation sites (N-methyl/N-ethyl adjacent to an activating group) is 1. The molecule has 2 aromatic carbocycles. The lowest BCUT2D eigenvalue weighted by Crippen LogP contribution is -2.47. The Kier molecular flexibility index (Phi) is 6.22. The monoisotopic (exact) mass is 346 g/mol. The Balaban J connectivity index is 2.23. The maximum absolute atomic E-state index is 14.0. The summed E-state index contributed by atoms with van der Waals surface area (Å²) in [5.41, 5.74) is 0.944. The number of benzene rings is 2. The minimum Gasteiger partial charge on any atom is -0.357 e. The third-order valence-electron chi connectivity index (χ3n) is 3.98. The number of halogens is 2. The highest BCUT2D eigenvalue weighted by Crippen LogP contribution is 2.15. The van der Waals surface area contributed by atoms with Gasteiger partial charge in [0.05, 0.1) is 6.42 Å². The molecule has 1 atom stereocenters. The highest BCUT2D eigenvalue weighted by Gasteiger charge is 2.26. The predicted octanol–water partition coefficient (Wildman–Crippen LogP) is 2.67. The van der Waals surface area contributed by atoms with Crippen molar-refractivity contribution in [2.75, 3.05) is 7.05 Å². The van der Waals surface area contributed by atoms with Gasteiger partial charge in [-0.15, -0.1) is 0 Å². The van der Waals surface area contributed by atoms with E-state index in [0.717, 1.165) is 0 Å². The van der Waals surface area contributed by atoms with Crippen molar-refractivity contribution in [3.8, 4) is 0 Å². The Morgan fingerprint density at radius 3 is 2.32 bits per heavy atom.